The first-order valence-corrected chi connectivity index (χ1v) is 13.1. The van der Waals surface area contributed by atoms with Gasteiger partial charge < -0.3 is 14.6 Å². The molecule has 0 radical (unpaired) electrons. The Kier molecular flexibility index (Phi) is 7.98. The number of aromatic nitrogens is 1. The molecular weight excluding hydrogens is 484 g/mol. The topological polar surface area (TPSA) is 62.5 Å². The Bertz CT molecular complexity index is 1520. The standard InChI is InChI=1S/C34H30N2O3/c37-33(29-18-20-30(21-19-29)35-22-6-7-23-35)36(24-8-11-26-9-2-1-3-10-26)25-27-14-16-28(17-15-27)31-12-4-5-13-32(31)34(38)39/h1-7,9-10,12-23H,8,11,24-25H2,(H,38,39). The monoisotopic (exact) mass is 514 g/mol. The Labute approximate surface area is 228 Å². The summed E-state index contributed by atoms with van der Waals surface area (Å²) in [4.78, 5) is 27.2. The molecule has 0 saturated heterocycles. The highest BCUT2D eigenvalue weighted by atomic mass is 16.4. The second-order valence-electron chi connectivity index (χ2n) is 9.50. The van der Waals surface area contributed by atoms with Crippen LogP contribution < -0.4 is 0 Å². The molecule has 0 saturated carbocycles. The van der Waals surface area contributed by atoms with Crippen LogP contribution in [0.5, 0.6) is 0 Å². The average molecular weight is 515 g/mol. The fourth-order valence-electron chi connectivity index (χ4n) is 4.77. The molecule has 0 atom stereocenters. The second-order valence-corrected chi connectivity index (χ2v) is 9.50. The third-order valence-electron chi connectivity index (χ3n) is 6.84. The molecule has 0 unspecified atom stereocenters. The Balaban J connectivity index is 1.34. The van der Waals surface area contributed by atoms with E-state index in [-0.39, 0.29) is 11.5 Å². The quantitative estimate of drug-likeness (QED) is 0.216. The molecule has 1 heterocycles. The van der Waals surface area contributed by atoms with Crippen LogP contribution in [0.1, 0.15) is 38.3 Å². The molecule has 1 amide bonds. The van der Waals surface area contributed by atoms with Gasteiger partial charge in [0.05, 0.1) is 5.56 Å². The van der Waals surface area contributed by atoms with E-state index in [0.717, 1.165) is 29.7 Å². The van der Waals surface area contributed by atoms with Crippen LogP contribution >= 0.6 is 0 Å². The molecule has 0 aliphatic carbocycles. The molecule has 5 nitrogen and oxygen atoms in total. The van der Waals surface area contributed by atoms with Crippen molar-refractivity contribution in [2.45, 2.75) is 19.4 Å². The van der Waals surface area contributed by atoms with Crippen molar-refractivity contribution in [3.63, 3.8) is 0 Å². The minimum absolute atomic E-state index is 0.0117. The first kappa shape index (κ1) is 25.7. The van der Waals surface area contributed by atoms with Gasteiger partial charge in [0, 0.05) is 36.7 Å². The number of benzene rings is 4. The summed E-state index contributed by atoms with van der Waals surface area (Å²) in [6.07, 6.45) is 5.69. The number of aromatic carboxylic acids is 1. The number of carboxylic acid groups (broad SMARTS) is 1. The summed E-state index contributed by atoms with van der Waals surface area (Å²) >= 11 is 0. The predicted molar refractivity (Wildman–Crippen MR) is 154 cm³/mol. The Morgan fingerprint density at radius 3 is 2.05 bits per heavy atom. The Hall–Kier alpha value is -4.90. The van der Waals surface area contributed by atoms with E-state index < -0.39 is 5.97 Å². The van der Waals surface area contributed by atoms with E-state index in [9.17, 15) is 14.7 Å². The number of hydrogen-bond donors (Lipinski definition) is 1. The van der Waals surface area contributed by atoms with Crippen LogP contribution in [0.25, 0.3) is 16.8 Å². The van der Waals surface area contributed by atoms with Crippen LogP contribution in [0, 0.1) is 0 Å². The van der Waals surface area contributed by atoms with E-state index >= 15 is 0 Å². The molecule has 0 spiro atoms. The molecule has 39 heavy (non-hydrogen) atoms. The van der Waals surface area contributed by atoms with Gasteiger partial charge in [0.15, 0.2) is 0 Å². The molecule has 1 aromatic heterocycles. The highest BCUT2D eigenvalue weighted by Gasteiger charge is 2.17. The molecule has 194 valence electrons. The molecule has 4 aromatic carbocycles. The average Bonchev–Trinajstić information content (AvgIpc) is 3.53. The predicted octanol–water partition coefficient (Wildman–Crippen LogP) is 7.12. The smallest absolute Gasteiger partial charge is 0.336 e. The van der Waals surface area contributed by atoms with Gasteiger partial charge in [-0.25, -0.2) is 4.79 Å². The number of carboxylic acids is 1. The van der Waals surface area contributed by atoms with Gasteiger partial charge in [0.2, 0.25) is 0 Å². The molecule has 0 aliphatic rings. The fraction of sp³-hybridized carbons (Fsp3) is 0.118. The maximum Gasteiger partial charge on any atom is 0.336 e. The summed E-state index contributed by atoms with van der Waals surface area (Å²) in [5.74, 6) is -0.963. The van der Waals surface area contributed by atoms with Gasteiger partial charge in [-0.2, -0.15) is 0 Å². The van der Waals surface area contributed by atoms with Gasteiger partial charge in [0.25, 0.3) is 5.91 Å². The zero-order valence-electron chi connectivity index (χ0n) is 21.6. The lowest BCUT2D eigenvalue weighted by atomic mass is 9.98. The van der Waals surface area contributed by atoms with Gasteiger partial charge in [-0.05, 0) is 77.6 Å². The van der Waals surface area contributed by atoms with Gasteiger partial charge in [-0.15, -0.1) is 0 Å². The van der Waals surface area contributed by atoms with Crippen molar-refractivity contribution in [3.05, 3.63) is 150 Å². The number of amides is 1. The summed E-state index contributed by atoms with van der Waals surface area (Å²) in [5.41, 5.74) is 5.67. The van der Waals surface area contributed by atoms with Crippen LogP contribution in [0.4, 0.5) is 0 Å². The van der Waals surface area contributed by atoms with E-state index in [0.29, 0.717) is 24.2 Å². The van der Waals surface area contributed by atoms with Gasteiger partial charge in [-0.3, -0.25) is 4.79 Å². The number of carbonyl (C=O) groups is 2. The molecule has 0 aliphatic heterocycles. The lowest BCUT2D eigenvalue weighted by Gasteiger charge is -2.23. The third-order valence-corrected chi connectivity index (χ3v) is 6.84. The number of rotatable bonds is 10. The maximum absolute atomic E-state index is 13.7. The number of hydrogen-bond acceptors (Lipinski definition) is 2. The van der Waals surface area contributed by atoms with Crippen molar-refractivity contribution in [1.29, 1.82) is 0 Å². The molecule has 0 fully saturated rings. The Morgan fingerprint density at radius 2 is 1.36 bits per heavy atom. The van der Waals surface area contributed by atoms with Gasteiger partial charge in [-0.1, -0.05) is 72.8 Å². The molecule has 5 heteroatoms. The van der Waals surface area contributed by atoms with E-state index in [1.807, 2.05) is 113 Å². The molecule has 0 bridgehead atoms. The zero-order chi connectivity index (χ0) is 27.0. The van der Waals surface area contributed by atoms with Crippen molar-refractivity contribution in [2.75, 3.05) is 6.54 Å². The van der Waals surface area contributed by atoms with Crippen LogP contribution in [0.3, 0.4) is 0 Å². The molecule has 1 N–H and O–H groups in total. The summed E-state index contributed by atoms with van der Waals surface area (Å²) < 4.78 is 2.01. The van der Waals surface area contributed by atoms with Gasteiger partial charge in [0.1, 0.15) is 0 Å². The van der Waals surface area contributed by atoms with E-state index in [2.05, 4.69) is 12.1 Å². The largest absolute Gasteiger partial charge is 0.478 e. The van der Waals surface area contributed by atoms with E-state index in [1.54, 1.807) is 12.1 Å². The number of carbonyl (C=O) groups excluding carboxylic acids is 1. The number of aryl methyl sites for hydroxylation is 1. The first-order chi connectivity index (χ1) is 19.1. The Morgan fingerprint density at radius 1 is 0.692 bits per heavy atom. The third kappa shape index (κ3) is 6.33. The minimum atomic E-state index is -0.951. The van der Waals surface area contributed by atoms with Crippen molar-refractivity contribution < 1.29 is 14.7 Å². The van der Waals surface area contributed by atoms with Crippen molar-refractivity contribution in [2.24, 2.45) is 0 Å². The van der Waals surface area contributed by atoms with Crippen molar-refractivity contribution in [3.8, 4) is 16.8 Å². The van der Waals surface area contributed by atoms with E-state index in [1.165, 1.54) is 5.56 Å². The lowest BCUT2D eigenvalue weighted by Crippen LogP contribution is -2.31. The van der Waals surface area contributed by atoms with E-state index in [4.69, 9.17) is 0 Å². The highest BCUT2D eigenvalue weighted by Crippen LogP contribution is 2.25. The summed E-state index contributed by atoms with van der Waals surface area (Å²) in [6.45, 7) is 1.09. The fourth-order valence-corrected chi connectivity index (χ4v) is 4.77. The van der Waals surface area contributed by atoms with Crippen LogP contribution in [-0.2, 0) is 13.0 Å². The molecular formula is C34H30N2O3. The van der Waals surface area contributed by atoms with Crippen molar-refractivity contribution in [1.82, 2.24) is 9.47 Å². The number of nitrogens with zero attached hydrogens (tertiary/aromatic N) is 2. The summed E-state index contributed by atoms with van der Waals surface area (Å²) in [5, 5.41) is 9.56. The SMILES string of the molecule is O=C(O)c1ccccc1-c1ccc(CN(CCCc2ccccc2)C(=O)c2ccc(-n3cccc3)cc2)cc1. The van der Waals surface area contributed by atoms with Crippen molar-refractivity contribution >= 4 is 11.9 Å². The zero-order valence-corrected chi connectivity index (χ0v) is 21.6. The normalized spacial score (nSPS) is 10.8. The van der Waals surface area contributed by atoms with Crippen LogP contribution in [0.15, 0.2) is 128 Å². The maximum atomic E-state index is 13.7. The summed E-state index contributed by atoms with van der Waals surface area (Å²) in [7, 11) is 0. The molecule has 5 aromatic rings. The lowest BCUT2D eigenvalue weighted by molar-refractivity contribution is 0.0696. The molecule has 5 rings (SSSR count). The van der Waals surface area contributed by atoms with Gasteiger partial charge >= 0.3 is 5.97 Å². The minimum Gasteiger partial charge on any atom is -0.478 e. The summed E-state index contributed by atoms with van der Waals surface area (Å²) in [6, 6.07) is 36.7. The first-order valence-electron chi connectivity index (χ1n) is 13.1. The second kappa shape index (κ2) is 12.1. The highest BCUT2D eigenvalue weighted by molar-refractivity contribution is 5.96. The van der Waals surface area contributed by atoms with Crippen LogP contribution in [-0.4, -0.2) is 33.0 Å². The van der Waals surface area contributed by atoms with Crippen LogP contribution in [0.2, 0.25) is 0 Å².